The predicted octanol–water partition coefficient (Wildman–Crippen LogP) is 0.659. The molecule has 0 aliphatic carbocycles. The van der Waals surface area contributed by atoms with Gasteiger partial charge in [-0.05, 0) is 20.8 Å². The normalized spacial score (nSPS) is 11.4. The van der Waals surface area contributed by atoms with Gasteiger partial charge in [0.15, 0.2) is 5.82 Å². The first-order chi connectivity index (χ1) is 5.89. The minimum absolute atomic E-state index is 0.291. The van der Waals surface area contributed by atoms with Gasteiger partial charge in [0.2, 0.25) is 5.91 Å². The number of nitrogens with one attached hydrogen (secondary N) is 1. The van der Waals surface area contributed by atoms with E-state index < -0.39 is 5.54 Å². The molecule has 72 valence electrons. The molecule has 0 fully saturated rings. The fraction of sp³-hybridized carbons (Fsp3) is 0.500. The maximum Gasteiger partial charge on any atom is 0.245 e. The highest BCUT2D eigenvalue weighted by Crippen LogP contribution is 2.09. The van der Waals surface area contributed by atoms with E-state index in [-0.39, 0.29) is 5.91 Å². The number of nitrogens with zero attached hydrogens (tertiary/aromatic N) is 1. The number of hydrogen-bond donors (Lipinski definition) is 2. The molecule has 5 nitrogen and oxygen atoms in total. The van der Waals surface area contributed by atoms with Crippen LogP contribution < -0.4 is 11.1 Å². The summed E-state index contributed by atoms with van der Waals surface area (Å²) >= 11 is 0. The molecule has 0 radical (unpaired) electrons. The van der Waals surface area contributed by atoms with Crippen molar-refractivity contribution in [3.63, 3.8) is 0 Å². The van der Waals surface area contributed by atoms with Crippen molar-refractivity contribution in [2.45, 2.75) is 26.3 Å². The highest BCUT2D eigenvalue weighted by Gasteiger charge is 2.22. The van der Waals surface area contributed by atoms with E-state index in [0.29, 0.717) is 11.6 Å². The second-order valence-corrected chi connectivity index (χ2v) is 3.50. The van der Waals surface area contributed by atoms with Gasteiger partial charge in [0, 0.05) is 6.07 Å². The first kappa shape index (κ1) is 9.73. The molecular formula is C8H13N3O2. The number of aryl methyl sites for hydroxylation is 1. The second-order valence-electron chi connectivity index (χ2n) is 3.50. The summed E-state index contributed by atoms with van der Waals surface area (Å²) in [5.74, 6) is 0.743. The highest BCUT2D eigenvalue weighted by atomic mass is 16.5. The molecule has 1 rings (SSSR count). The van der Waals surface area contributed by atoms with E-state index in [0.717, 1.165) is 0 Å². The maximum absolute atomic E-state index is 11.3. The summed E-state index contributed by atoms with van der Waals surface area (Å²) < 4.78 is 4.77. The largest absolute Gasteiger partial charge is 0.360 e. The van der Waals surface area contributed by atoms with Gasteiger partial charge in [-0.2, -0.15) is 0 Å². The van der Waals surface area contributed by atoms with E-state index in [2.05, 4.69) is 10.5 Å². The Labute approximate surface area is 76.3 Å². The third-order valence-electron chi connectivity index (χ3n) is 1.45. The summed E-state index contributed by atoms with van der Waals surface area (Å²) in [5.41, 5.74) is 4.65. The number of amides is 1. The molecule has 0 atom stereocenters. The Morgan fingerprint density at radius 3 is 2.69 bits per heavy atom. The molecule has 0 saturated carbocycles. The van der Waals surface area contributed by atoms with E-state index in [1.54, 1.807) is 26.8 Å². The van der Waals surface area contributed by atoms with E-state index in [1.807, 2.05) is 0 Å². The van der Waals surface area contributed by atoms with Gasteiger partial charge in [-0.1, -0.05) is 5.16 Å². The molecular weight excluding hydrogens is 170 g/mol. The molecule has 1 aromatic rings. The quantitative estimate of drug-likeness (QED) is 0.705. The lowest BCUT2D eigenvalue weighted by atomic mass is 10.1. The molecule has 1 amide bonds. The molecule has 0 unspecified atom stereocenters. The molecule has 0 aliphatic rings. The lowest BCUT2D eigenvalue weighted by Gasteiger charge is -2.15. The summed E-state index contributed by atoms with van der Waals surface area (Å²) in [6, 6.07) is 1.63. The van der Waals surface area contributed by atoms with Crippen LogP contribution in [0.1, 0.15) is 19.6 Å². The third kappa shape index (κ3) is 2.55. The number of rotatable bonds is 2. The van der Waals surface area contributed by atoms with Gasteiger partial charge in [-0.3, -0.25) is 4.79 Å². The van der Waals surface area contributed by atoms with Gasteiger partial charge in [-0.15, -0.1) is 0 Å². The molecule has 0 aliphatic heterocycles. The van der Waals surface area contributed by atoms with Crippen LogP contribution in [0.25, 0.3) is 0 Å². The number of carbonyl (C=O) groups excluding carboxylic acids is 1. The van der Waals surface area contributed by atoms with Crippen LogP contribution in [0.15, 0.2) is 10.6 Å². The lowest BCUT2D eigenvalue weighted by Crippen LogP contribution is -2.45. The van der Waals surface area contributed by atoms with Crippen molar-refractivity contribution < 1.29 is 9.32 Å². The Morgan fingerprint density at radius 2 is 2.31 bits per heavy atom. The molecule has 0 spiro atoms. The van der Waals surface area contributed by atoms with Crippen molar-refractivity contribution in [2.24, 2.45) is 5.73 Å². The van der Waals surface area contributed by atoms with E-state index >= 15 is 0 Å². The minimum Gasteiger partial charge on any atom is -0.360 e. The van der Waals surface area contributed by atoms with Gasteiger partial charge in [0.25, 0.3) is 0 Å². The van der Waals surface area contributed by atoms with Gasteiger partial charge >= 0.3 is 0 Å². The van der Waals surface area contributed by atoms with Crippen molar-refractivity contribution in [2.75, 3.05) is 5.32 Å². The highest BCUT2D eigenvalue weighted by molar-refractivity contribution is 5.96. The van der Waals surface area contributed by atoms with Crippen molar-refractivity contribution in [1.82, 2.24) is 5.16 Å². The van der Waals surface area contributed by atoms with Crippen LogP contribution in [0.5, 0.6) is 0 Å². The molecule has 13 heavy (non-hydrogen) atoms. The average molecular weight is 183 g/mol. The van der Waals surface area contributed by atoms with Crippen LogP contribution in [-0.4, -0.2) is 16.6 Å². The maximum atomic E-state index is 11.3. The zero-order valence-electron chi connectivity index (χ0n) is 7.92. The average Bonchev–Trinajstić information content (AvgIpc) is 2.33. The number of carbonyl (C=O) groups is 1. The van der Waals surface area contributed by atoms with E-state index in [9.17, 15) is 4.79 Å². The molecule has 3 N–H and O–H groups in total. The SMILES string of the molecule is Cc1cc(NC(=O)C(C)(C)N)no1. The van der Waals surface area contributed by atoms with Crippen LogP contribution >= 0.6 is 0 Å². The summed E-state index contributed by atoms with van der Waals surface area (Å²) in [6.45, 7) is 4.99. The fourth-order valence-corrected chi connectivity index (χ4v) is 0.703. The Hall–Kier alpha value is -1.36. The summed E-state index contributed by atoms with van der Waals surface area (Å²) in [6.07, 6.45) is 0. The first-order valence-electron chi connectivity index (χ1n) is 3.93. The minimum atomic E-state index is -0.910. The van der Waals surface area contributed by atoms with Crippen LogP contribution in [0.4, 0.5) is 5.82 Å². The second kappa shape index (κ2) is 3.18. The number of hydrogen-bond acceptors (Lipinski definition) is 4. The Kier molecular flexibility index (Phi) is 2.38. The molecule has 1 aromatic heterocycles. The summed E-state index contributed by atoms with van der Waals surface area (Å²) in [5, 5.41) is 6.14. The molecule has 0 aromatic carbocycles. The van der Waals surface area contributed by atoms with E-state index in [4.69, 9.17) is 10.3 Å². The lowest BCUT2D eigenvalue weighted by molar-refractivity contribution is -0.120. The topological polar surface area (TPSA) is 81.2 Å². The van der Waals surface area contributed by atoms with Crippen molar-refractivity contribution in [1.29, 1.82) is 0 Å². The number of anilines is 1. The van der Waals surface area contributed by atoms with Crippen molar-refractivity contribution in [3.8, 4) is 0 Å². The zero-order valence-corrected chi connectivity index (χ0v) is 7.92. The van der Waals surface area contributed by atoms with Crippen molar-refractivity contribution >= 4 is 11.7 Å². The summed E-state index contributed by atoms with van der Waals surface area (Å²) in [4.78, 5) is 11.3. The van der Waals surface area contributed by atoms with Crippen LogP contribution in [-0.2, 0) is 4.79 Å². The fourth-order valence-electron chi connectivity index (χ4n) is 0.703. The van der Waals surface area contributed by atoms with Gasteiger partial charge in [0.05, 0.1) is 5.54 Å². The Morgan fingerprint density at radius 1 is 1.69 bits per heavy atom. The van der Waals surface area contributed by atoms with Gasteiger partial charge < -0.3 is 15.6 Å². The smallest absolute Gasteiger partial charge is 0.245 e. The van der Waals surface area contributed by atoms with Gasteiger partial charge in [-0.25, -0.2) is 0 Å². The van der Waals surface area contributed by atoms with Crippen LogP contribution in [0.2, 0.25) is 0 Å². The van der Waals surface area contributed by atoms with Crippen LogP contribution in [0, 0.1) is 6.92 Å². The monoisotopic (exact) mass is 183 g/mol. The van der Waals surface area contributed by atoms with Gasteiger partial charge in [0.1, 0.15) is 5.76 Å². The zero-order chi connectivity index (χ0) is 10.1. The molecule has 1 heterocycles. The third-order valence-corrected chi connectivity index (χ3v) is 1.45. The standard InChI is InChI=1S/C8H13N3O2/c1-5-4-6(11-13-5)10-7(12)8(2,3)9/h4H,9H2,1-3H3,(H,10,11,12). The molecule has 5 heteroatoms. The Balaban J connectivity index is 2.65. The van der Waals surface area contributed by atoms with Crippen LogP contribution in [0.3, 0.4) is 0 Å². The molecule has 0 bridgehead atoms. The summed E-state index contributed by atoms with van der Waals surface area (Å²) in [7, 11) is 0. The Bertz CT molecular complexity index is 311. The predicted molar refractivity (Wildman–Crippen MR) is 48.1 cm³/mol. The number of aromatic nitrogens is 1. The van der Waals surface area contributed by atoms with E-state index in [1.165, 1.54) is 0 Å². The number of nitrogens with two attached hydrogens (primary N) is 1. The first-order valence-corrected chi connectivity index (χ1v) is 3.93. The molecule has 0 saturated heterocycles. The van der Waals surface area contributed by atoms with Crippen molar-refractivity contribution in [3.05, 3.63) is 11.8 Å².